The highest BCUT2D eigenvalue weighted by Gasteiger charge is 2.22. The van der Waals surface area contributed by atoms with E-state index in [0.717, 1.165) is 17.8 Å². The molecule has 0 amide bonds. The lowest BCUT2D eigenvalue weighted by molar-refractivity contribution is 0.413. The highest BCUT2D eigenvalue weighted by atomic mass is 32.2. The van der Waals surface area contributed by atoms with Gasteiger partial charge in [-0.1, -0.05) is 6.92 Å². The minimum Gasteiger partial charge on any atom is -0.493 e. The van der Waals surface area contributed by atoms with Gasteiger partial charge >= 0.3 is 0 Å². The van der Waals surface area contributed by atoms with Crippen LogP contribution in [0.15, 0.2) is 4.21 Å². The number of hydrogen-bond acceptors (Lipinski definition) is 5. The van der Waals surface area contributed by atoms with Crippen molar-refractivity contribution in [2.45, 2.75) is 17.6 Å². The normalized spacial score (nSPS) is 11.5. The molecule has 1 rings (SSSR count). The Balaban J connectivity index is 3.32. The first kappa shape index (κ1) is 12.7. The monoisotopic (exact) mass is 254 g/mol. The molecule has 1 aromatic rings. The summed E-state index contributed by atoms with van der Waals surface area (Å²) >= 11 is 1.07. The quantitative estimate of drug-likeness (QED) is 0.823. The second-order valence-corrected chi connectivity index (χ2v) is 5.69. The van der Waals surface area contributed by atoms with Crippen molar-refractivity contribution in [2.24, 2.45) is 0 Å². The standard InChI is InChI=1S/C10H10N2O2S2/c1-3-4-16(13)10-7(5-11)9(14-2)8(6-12)15-10/h3-4H2,1-2H3. The van der Waals surface area contributed by atoms with Crippen LogP contribution in [0.5, 0.6) is 5.75 Å². The molecule has 0 aliphatic rings. The minimum absolute atomic E-state index is 0.232. The molecule has 1 unspecified atom stereocenters. The van der Waals surface area contributed by atoms with E-state index in [1.165, 1.54) is 7.11 Å². The van der Waals surface area contributed by atoms with Crippen molar-refractivity contribution in [3.05, 3.63) is 10.4 Å². The van der Waals surface area contributed by atoms with Crippen LogP contribution in [0.3, 0.4) is 0 Å². The third-order valence-corrected chi connectivity index (χ3v) is 4.92. The van der Waals surface area contributed by atoms with Crippen LogP contribution in [0.25, 0.3) is 0 Å². The molecule has 84 valence electrons. The summed E-state index contributed by atoms with van der Waals surface area (Å²) < 4.78 is 17.3. The molecule has 0 aliphatic heterocycles. The van der Waals surface area contributed by atoms with E-state index < -0.39 is 10.8 Å². The van der Waals surface area contributed by atoms with E-state index in [4.69, 9.17) is 15.3 Å². The van der Waals surface area contributed by atoms with Gasteiger partial charge in [-0.15, -0.1) is 11.3 Å². The van der Waals surface area contributed by atoms with Gasteiger partial charge in [-0.2, -0.15) is 10.5 Å². The van der Waals surface area contributed by atoms with Crippen LogP contribution >= 0.6 is 11.3 Å². The molecule has 0 spiro atoms. The molecule has 16 heavy (non-hydrogen) atoms. The molecule has 0 N–H and O–H groups in total. The Morgan fingerprint density at radius 3 is 2.56 bits per heavy atom. The van der Waals surface area contributed by atoms with E-state index in [1.54, 1.807) is 0 Å². The molecule has 0 aliphatic carbocycles. The average Bonchev–Trinajstić information content (AvgIpc) is 2.66. The van der Waals surface area contributed by atoms with Crippen LogP contribution in [0.1, 0.15) is 23.8 Å². The van der Waals surface area contributed by atoms with Gasteiger partial charge in [0.2, 0.25) is 0 Å². The first-order valence-corrected chi connectivity index (χ1v) is 6.72. The molecule has 0 aromatic carbocycles. The lowest BCUT2D eigenvalue weighted by Gasteiger charge is -1.98. The summed E-state index contributed by atoms with van der Waals surface area (Å²) in [6, 6.07) is 3.90. The van der Waals surface area contributed by atoms with Crippen LogP contribution in [-0.4, -0.2) is 17.1 Å². The Kier molecular flexibility index (Phi) is 4.48. The summed E-state index contributed by atoms with van der Waals surface area (Å²) in [5.74, 6) is 0.734. The molecule has 1 aromatic heterocycles. The van der Waals surface area contributed by atoms with Gasteiger partial charge in [0.15, 0.2) is 5.75 Å². The average molecular weight is 254 g/mol. The van der Waals surface area contributed by atoms with Crippen molar-refractivity contribution in [2.75, 3.05) is 12.9 Å². The summed E-state index contributed by atoms with van der Waals surface area (Å²) in [5.41, 5.74) is 0.232. The Morgan fingerprint density at radius 1 is 1.44 bits per heavy atom. The predicted molar refractivity (Wildman–Crippen MR) is 61.9 cm³/mol. The van der Waals surface area contributed by atoms with Gasteiger partial charge in [0.1, 0.15) is 26.8 Å². The number of nitriles is 2. The summed E-state index contributed by atoms with van der Waals surface area (Å²) in [7, 11) is 0.176. The number of methoxy groups -OCH3 is 1. The van der Waals surface area contributed by atoms with Gasteiger partial charge in [0.05, 0.1) is 17.9 Å². The maximum atomic E-state index is 11.8. The molecule has 0 saturated carbocycles. The third kappa shape index (κ3) is 2.24. The zero-order valence-electron chi connectivity index (χ0n) is 8.94. The fraction of sp³-hybridized carbons (Fsp3) is 0.400. The van der Waals surface area contributed by atoms with E-state index in [0.29, 0.717) is 14.8 Å². The molecule has 1 heterocycles. The van der Waals surface area contributed by atoms with Crippen molar-refractivity contribution in [3.63, 3.8) is 0 Å². The topological polar surface area (TPSA) is 73.9 Å². The third-order valence-electron chi connectivity index (χ3n) is 1.85. The van der Waals surface area contributed by atoms with Crippen molar-refractivity contribution in [1.82, 2.24) is 0 Å². The smallest absolute Gasteiger partial charge is 0.166 e. The fourth-order valence-corrected chi connectivity index (χ4v) is 3.74. The number of nitrogens with zero attached hydrogens (tertiary/aromatic N) is 2. The van der Waals surface area contributed by atoms with E-state index in [1.807, 2.05) is 19.1 Å². The SMILES string of the molecule is CCCS(=O)c1sc(C#N)c(OC)c1C#N. The lowest BCUT2D eigenvalue weighted by atomic mass is 10.3. The van der Waals surface area contributed by atoms with Crippen LogP contribution in [0.2, 0.25) is 0 Å². The Bertz CT molecular complexity index is 494. The molecule has 1 atom stereocenters. The molecular formula is C10H10N2O2S2. The van der Waals surface area contributed by atoms with Crippen molar-refractivity contribution >= 4 is 22.1 Å². The molecule has 0 saturated heterocycles. The summed E-state index contributed by atoms with van der Waals surface area (Å²) in [4.78, 5) is 0.304. The van der Waals surface area contributed by atoms with Crippen LogP contribution in [0.4, 0.5) is 0 Å². The first-order chi connectivity index (χ1) is 7.69. The Hall–Kier alpha value is -1.37. The fourth-order valence-electron chi connectivity index (χ4n) is 1.20. The lowest BCUT2D eigenvalue weighted by Crippen LogP contribution is -1.96. The first-order valence-electron chi connectivity index (χ1n) is 4.58. The maximum Gasteiger partial charge on any atom is 0.166 e. The molecule has 0 radical (unpaired) electrons. The molecule has 0 fully saturated rings. The molecule has 4 nitrogen and oxygen atoms in total. The number of ether oxygens (including phenoxy) is 1. The van der Waals surface area contributed by atoms with Gasteiger partial charge in [-0.3, -0.25) is 4.21 Å². The largest absolute Gasteiger partial charge is 0.493 e. The van der Waals surface area contributed by atoms with Crippen molar-refractivity contribution in [1.29, 1.82) is 10.5 Å². The summed E-state index contributed by atoms with van der Waals surface area (Å²) in [6.07, 6.45) is 0.763. The minimum atomic E-state index is -1.22. The second-order valence-electron chi connectivity index (χ2n) is 2.90. The highest BCUT2D eigenvalue weighted by molar-refractivity contribution is 7.87. The number of rotatable bonds is 4. The van der Waals surface area contributed by atoms with Crippen LogP contribution in [-0.2, 0) is 10.8 Å². The summed E-state index contributed by atoms with van der Waals surface area (Å²) in [5, 5.41) is 17.9. The van der Waals surface area contributed by atoms with Crippen molar-refractivity contribution in [3.8, 4) is 17.9 Å². The van der Waals surface area contributed by atoms with E-state index in [2.05, 4.69) is 0 Å². The maximum absolute atomic E-state index is 11.8. The predicted octanol–water partition coefficient (Wildman–Crippen LogP) is 2.02. The molecule has 6 heteroatoms. The van der Waals surface area contributed by atoms with Gasteiger partial charge in [0.25, 0.3) is 0 Å². The van der Waals surface area contributed by atoms with Crippen LogP contribution in [0, 0.1) is 22.7 Å². The molecule has 0 bridgehead atoms. The molecular weight excluding hydrogens is 244 g/mol. The number of hydrogen-bond donors (Lipinski definition) is 0. The Labute approximate surface area is 101 Å². The number of thiophene rings is 1. The van der Waals surface area contributed by atoms with Crippen LogP contribution < -0.4 is 4.74 Å². The van der Waals surface area contributed by atoms with Gasteiger partial charge in [0, 0.05) is 5.75 Å². The summed E-state index contributed by atoms with van der Waals surface area (Å²) in [6.45, 7) is 1.92. The van der Waals surface area contributed by atoms with Crippen molar-refractivity contribution < 1.29 is 8.95 Å². The highest BCUT2D eigenvalue weighted by Crippen LogP contribution is 2.36. The van der Waals surface area contributed by atoms with Gasteiger partial charge < -0.3 is 4.74 Å². The van der Waals surface area contributed by atoms with Gasteiger partial charge in [-0.05, 0) is 6.42 Å². The Morgan fingerprint density at radius 2 is 2.12 bits per heavy atom. The van der Waals surface area contributed by atoms with E-state index in [-0.39, 0.29) is 11.3 Å². The second kappa shape index (κ2) is 5.64. The zero-order valence-corrected chi connectivity index (χ0v) is 10.6. The van der Waals surface area contributed by atoms with Gasteiger partial charge in [-0.25, -0.2) is 0 Å². The van der Waals surface area contributed by atoms with E-state index >= 15 is 0 Å². The zero-order chi connectivity index (χ0) is 12.1. The van der Waals surface area contributed by atoms with E-state index in [9.17, 15) is 4.21 Å².